The van der Waals surface area contributed by atoms with Crippen molar-refractivity contribution in [3.63, 3.8) is 0 Å². The van der Waals surface area contributed by atoms with Gasteiger partial charge in [-0.25, -0.2) is 8.42 Å². The van der Waals surface area contributed by atoms with Crippen molar-refractivity contribution in [3.05, 3.63) is 60.2 Å². The number of sulfonamides is 1. The van der Waals surface area contributed by atoms with Crippen molar-refractivity contribution < 1.29 is 13.2 Å². The number of carbonyl (C=O) groups excluding carboxylic acids is 1. The van der Waals surface area contributed by atoms with E-state index in [1.165, 1.54) is 13.0 Å². The zero-order valence-corrected chi connectivity index (χ0v) is 16.3. The number of nitrogens with zero attached hydrogens (tertiary/aromatic N) is 2. The number of H-pyrrole nitrogens is 1. The molecule has 0 aliphatic carbocycles. The Labute approximate surface area is 163 Å². The molecule has 0 saturated carbocycles. The van der Waals surface area contributed by atoms with Crippen LogP contribution in [0.2, 0.25) is 0 Å². The van der Waals surface area contributed by atoms with Gasteiger partial charge in [0.15, 0.2) is 5.82 Å². The van der Waals surface area contributed by atoms with Gasteiger partial charge >= 0.3 is 0 Å². The summed E-state index contributed by atoms with van der Waals surface area (Å²) in [7, 11) is -3.79. The van der Waals surface area contributed by atoms with E-state index in [4.69, 9.17) is 0 Å². The molecule has 0 fully saturated rings. The van der Waals surface area contributed by atoms with Crippen molar-refractivity contribution in [1.82, 2.24) is 10.2 Å². The Morgan fingerprint density at radius 1 is 1.18 bits per heavy atom. The van der Waals surface area contributed by atoms with Crippen molar-refractivity contribution in [2.24, 2.45) is 0 Å². The van der Waals surface area contributed by atoms with Crippen LogP contribution in [0.1, 0.15) is 19.4 Å². The first-order valence-electron chi connectivity index (χ1n) is 8.91. The highest BCUT2D eigenvalue weighted by molar-refractivity contribution is 7.92. The summed E-state index contributed by atoms with van der Waals surface area (Å²) in [6.45, 7) is 3.46. The molecule has 1 amide bonds. The van der Waals surface area contributed by atoms with Gasteiger partial charge < -0.3 is 4.90 Å². The second-order valence-corrected chi connectivity index (χ2v) is 8.55. The number of aromatic amines is 1. The Morgan fingerprint density at radius 2 is 1.93 bits per heavy atom. The van der Waals surface area contributed by atoms with E-state index in [2.05, 4.69) is 14.9 Å². The van der Waals surface area contributed by atoms with E-state index in [0.29, 0.717) is 6.42 Å². The van der Waals surface area contributed by atoms with E-state index in [1.54, 1.807) is 23.1 Å². The number of carbonyl (C=O) groups is 1. The molecule has 0 spiro atoms. The van der Waals surface area contributed by atoms with E-state index >= 15 is 0 Å². The average Bonchev–Trinajstić information content (AvgIpc) is 3.24. The number of nitrogens with one attached hydrogen (secondary N) is 2. The molecule has 1 unspecified atom stereocenters. The number of benzene rings is 2. The highest BCUT2D eigenvalue weighted by Gasteiger charge is 2.30. The molecule has 8 heteroatoms. The SMILES string of the molecule is CC(=O)N1c2ccc(S(=O)(=O)Nc3cc(-c4ccccc4)[nH]n3)cc2CC1C. The quantitative estimate of drug-likeness (QED) is 0.708. The summed E-state index contributed by atoms with van der Waals surface area (Å²) in [5.41, 5.74) is 3.25. The number of rotatable bonds is 4. The fraction of sp³-hybridized carbons (Fsp3) is 0.200. The average molecular weight is 396 g/mol. The Balaban J connectivity index is 1.59. The lowest BCUT2D eigenvalue weighted by atomic mass is 10.1. The Bertz CT molecular complexity index is 1140. The van der Waals surface area contributed by atoms with Crippen LogP contribution in [0, 0.1) is 0 Å². The highest BCUT2D eigenvalue weighted by Crippen LogP contribution is 2.34. The molecule has 2 heterocycles. The normalized spacial score (nSPS) is 16.1. The van der Waals surface area contributed by atoms with Gasteiger partial charge in [0.1, 0.15) is 0 Å². The van der Waals surface area contributed by atoms with E-state index in [-0.39, 0.29) is 22.7 Å². The molecule has 2 N–H and O–H groups in total. The summed E-state index contributed by atoms with van der Waals surface area (Å²) in [6.07, 6.45) is 0.624. The largest absolute Gasteiger partial charge is 0.309 e. The molecule has 0 bridgehead atoms. The summed E-state index contributed by atoms with van der Waals surface area (Å²) in [4.78, 5) is 13.7. The number of anilines is 2. The van der Waals surface area contributed by atoms with Crippen LogP contribution in [0.3, 0.4) is 0 Å². The molecular formula is C20H20N4O3S. The maximum absolute atomic E-state index is 12.8. The van der Waals surface area contributed by atoms with Gasteiger partial charge in [0.05, 0.1) is 10.6 Å². The zero-order valence-electron chi connectivity index (χ0n) is 15.5. The van der Waals surface area contributed by atoms with Crippen molar-refractivity contribution in [2.75, 3.05) is 9.62 Å². The van der Waals surface area contributed by atoms with Gasteiger partial charge in [0.2, 0.25) is 5.91 Å². The van der Waals surface area contributed by atoms with E-state index < -0.39 is 10.0 Å². The van der Waals surface area contributed by atoms with E-state index in [0.717, 1.165) is 22.5 Å². The lowest BCUT2D eigenvalue weighted by molar-refractivity contribution is -0.116. The molecule has 3 aromatic rings. The second-order valence-electron chi connectivity index (χ2n) is 6.87. The van der Waals surface area contributed by atoms with Crippen LogP contribution in [-0.2, 0) is 21.2 Å². The molecule has 0 radical (unpaired) electrons. The van der Waals surface area contributed by atoms with Gasteiger partial charge in [-0.15, -0.1) is 0 Å². The predicted molar refractivity (Wildman–Crippen MR) is 108 cm³/mol. The molecule has 1 aromatic heterocycles. The van der Waals surface area contributed by atoms with Crippen molar-refractivity contribution in [1.29, 1.82) is 0 Å². The summed E-state index contributed by atoms with van der Waals surface area (Å²) in [5, 5.41) is 6.90. The number of fused-ring (bicyclic) bond motifs is 1. The van der Waals surface area contributed by atoms with E-state index in [1.807, 2.05) is 37.3 Å². The monoisotopic (exact) mass is 396 g/mol. The maximum Gasteiger partial charge on any atom is 0.263 e. The number of hydrogen-bond acceptors (Lipinski definition) is 4. The minimum absolute atomic E-state index is 0.0122. The summed E-state index contributed by atoms with van der Waals surface area (Å²) >= 11 is 0. The summed E-state index contributed by atoms with van der Waals surface area (Å²) in [5.74, 6) is 0.169. The van der Waals surface area contributed by atoms with Crippen LogP contribution >= 0.6 is 0 Å². The van der Waals surface area contributed by atoms with Gasteiger partial charge in [-0.3, -0.25) is 14.6 Å². The molecule has 144 valence electrons. The van der Waals surface area contributed by atoms with Crippen molar-refractivity contribution in [3.8, 4) is 11.3 Å². The molecule has 4 rings (SSSR count). The van der Waals surface area contributed by atoms with Crippen LogP contribution in [-0.4, -0.2) is 30.6 Å². The minimum Gasteiger partial charge on any atom is -0.309 e. The zero-order chi connectivity index (χ0) is 19.9. The predicted octanol–water partition coefficient (Wildman–Crippen LogP) is 3.18. The Morgan fingerprint density at radius 3 is 2.64 bits per heavy atom. The van der Waals surface area contributed by atoms with Crippen LogP contribution in [0.4, 0.5) is 11.5 Å². The molecule has 1 aliphatic rings. The number of hydrogen-bond donors (Lipinski definition) is 2. The first-order valence-corrected chi connectivity index (χ1v) is 10.4. The lowest BCUT2D eigenvalue weighted by Crippen LogP contribution is -2.33. The van der Waals surface area contributed by atoms with Gasteiger partial charge in [-0.2, -0.15) is 5.10 Å². The van der Waals surface area contributed by atoms with Crippen LogP contribution < -0.4 is 9.62 Å². The van der Waals surface area contributed by atoms with Gasteiger partial charge in [0, 0.05) is 24.7 Å². The maximum atomic E-state index is 12.8. The third-order valence-electron chi connectivity index (χ3n) is 4.82. The third-order valence-corrected chi connectivity index (χ3v) is 6.17. The smallest absolute Gasteiger partial charge is 0.263 e. The Kier molecular flexibility index (Phi) is 4.43. The van der Waals surface area contributed by atoms with Gasteiger partial charge in [-0.05, 0) is 42.7 Å². The second kappa shape index (κ2) is 6.79. The van der Waals surface area contributed by atoms with Gasteiger partial charge in [0.25, 0.3) is 10.0 Å². The van der Waals surface area contributed by atoms with Crippen LogP contribution in [0.15, 0.2) is 59.5 Å². The summed E-state index contributed by atoms with van der Waals surface area (Å²) in [6, 6.07) is 16.0. The highest BCUT2D eigenvalue weighted by atomic mass is 32.2. The molecular weight excluding hydrogens is 376 g/mol. The third kappa shape index (κ3) is 3.27. The molecule has 28 heavy (non-hydrogen) atoms. The standard InChI is InChI=1S/C20H20N4O3S/c1-13-10-16-11-17(8-9-19(16)24(13)14(2)25)28(26,27)23-20-12-18(21-22-20)15-6-4-3-5-7-15/h3-9,11-13H,10H2,1-2H3,(H2,21,22,23). The van der Waals surface area contributed by atoms with Crippen molar-refractivity contribution >= 4 is 27.4 Å². The first kappa shape index (κ1) is 18.2. The van der Waals surface area contributed by atoms with Crippen molar-refractivity contribution in [2.45, 2.75) is 31.2 Å². The fourth-order valence-electron chi connectivity index (χ4n) is 3.59. The number of aromatic nitrogens is 2. The lowest BCUT2D eigenvalue weighted by Gasteiger charge is -2.20. The van der Waals surface area contributed by atoms with Crippen LogP contribution in [0.5, 0.6) is 0 Å². The topological polar surface area (TPSA) is 95.2 Å². The molecule has 1 aliphatic heterocycles. The summed E-state index contributed by atoms with van der Waals surface area (Å²) < 4.78 is 28.1. The van der Waals surface area contributed by atoms with E-state index in [9.17, 15) is 13.2 Å². The first-order chi connectivity index (χ1) is 13.3. The molecule has 1 atom stereocenters. The fourth-order valence-corrected chi connectivity index (χ4v) is 4.63. The minimum atomic E-state index is -3.79. The molecule has 0 saturated heterocycles. The van der Waals surface area contributed by atoms with Gasteiger partial charge in [-0.1, -0.05) is 30.3 Å². The molecule has 7 nitrogen and oxygen atoms in total. The number of amides is 1. The Hall–Kier alpha value is -3.13. The molecule has 2 aromatic carbocycles. The van der Waals surface area contributed by atoms with Crippen LogP contribution in [0.25, 0.3) is 11.3 Å².